The van der Waals surface area contributed by atoms with Gasteiger partial charge < -0.3 is 14.6 Å². The molecule has 0 heterocycles. The summed E-state index contributed by atoms with van der Waals surface area (Å²) in [5.41, 5.74) is -2.02. The molecule has 0 aromatic rings. The van der Waals surface area contributed by atoms with Crippen LogP contribution in [0, 0.1) is 34.5 Å². The quantitative estimate of drug-likeness (QED) is 0.709. The number of methoxy groups -OCH3 is 1. The van der Waals surface area contributed by atoms with Gasteiger partial charge in [0.25, 0.3) is 0 Å². The average Bonchev–Trinajstić information content (AvgIpc) is 2.96. The van der Waals surface area contributed by atoms with Crippen LogP contribution in [0.1, 0.15) is 72.1 Å². The van der Waals surface area contributed by atoms with Crippen LogP contribution in [0.25, 0.3) is 0 Å². The number of carbonyl (C=O) groups excluding carboxylic acids is 3. The highest BCUT2D eigenvalue weighted by atomic mass is 16.5. The van der Waals surface area contributed by atoms with Crippen molar-refractivity contribution in [2.24, 2.45) is 34.5 Å². The number of hydrogen-bond donors (Lipinski definition) is 1. The van der Waals surface area contributed by atoms with E-state index in [0.717, 1.165) is 19.3 Å². The lowest BCUT2D eigenvalue weighted by Crippen LogP contribution is -2.68. The van der Waals surface area contributed by atoms with Crippen molar-refractivity contribution in [3.05, 3.63) is 0 Å². The second kappa shape index (κ2) is 6.79. The Morgan fingerprint density at radius 1 is 1.10 bits per heavy atom. The fraction of sp³-hybridized carbons (Fsp3) is 0.870. The van der Waals surface area contributed by atoms with Gasteiger partial charge in [0, 0.05) is 30.6 Å². The predicted molar refractivity (Wildman–Crippen MR) is 105 cm³/mol. The zero-order valence-corrected chi connectivity index (χ0v) is 18.0. The fourth-order valence-corrected chi connectivity index (χ4v) is 7.82. The molecule has 162 valence electrons. The summed E-state index contributed by atoms with van der Waals surface area (Å²) in [6.07, 6.45) is 5.10. The summed E-state index contributed by atoms with van der Waals surface area (Å²) in [6, 6.07) is 0. The van der Waals surface area contributed by atoms with E-state index >= 15 is 0 Å². The van der Waals surface area contributed by atoms with Crippen molar-refractivity contribution in [1.82, 2.24) is 0 Å². The molecule has 0 amide bonds. The summed E-state index contributed by atoms with van der Waals surface area (Å²) in [4.78, 5) is 37.0. The molecular formula is C23H34O6. The molecule has 0 saturated heterocycles. The van der Waals surface area contributed by atoms with E-state index in [1.807, 2.05) is 0 Å². The highest BCUT2D eigenvalue weighted by Crippen LogP contribution is 2.68. The molecule has 0 bridgehead atoms. The average molecular weight is 407 g/mol. The predicted octanol–water partition coefficient (Wildman–Crippen LogP) is 3.04. The third kappa shape index (κ3) is 2.81. The molecule has 4 aliphatic rings. The first-order chi connectivity index (χ1) is 13.6. The van der Waals surface area contributed by atoms with Gasteiger partial charge in [-0.15, -0.1) is 0 Å². The first kappa shape index (κ1) is 20.8. The smallest absolute Gasteiger partial charge is 0.311 e. The van der Waals surface area contributed by atoms with Gasteiger partial charge in [0.1, 0.15) is 11.9 Å². The highest BCUT2D eigenvalue weighted by molar-refractivity contribution is 5.87. The summed E-state index contributed by atoms with van der Waals surface area (Å²) in [6.45, 7) is 5.60. The Balaban J connectivity index is 1.73. The van der Waals surface area contributed by atoms with Gasteiger partial charge in [0.05, 0.1) is 18.6 Å². The van der Waals surface area contributed by atoms with Crippen LogP contribution in [-0.4, -0.2) is 41.6 Å². The molecule has 1 N–H and O–H groups in total. The first-order valence-electron chi connectivity index (χ1n) is 11.1. The molecule has 0 aliphatic heterocycles. The van der Waals surface area contributed by atoms with E-state index in [1.165, 1.54) is 14.0 Å². The van der Waals surface area contributed by atoms with Crippen LogP contribution in [0.4, 0.5) is 0 Å². The molecule has 6 nitrogen and oxygen atoms in total. The molecule has 4 saturated carbocycles. The van der Waals surface area contributed by atoms with Crippen LogP contribution in [0.15, 0.2) is 0 Å². The van der Waals surface area contributed by atoms with Crippen molar-refractivity contribution < 1.29 is 29.0 Å². The van der Waals surface area contributed by atoms with Gasteiger partial charge in [-0.1, -0.05) is 13.8 Å². The molecular weight excluding hydrogens is 372 g/mol. The lowest BCUT2D eigenvalue weighted by molar-refractivity contribution is -0.249. The maximum Gasteiger partial charge on any atom is 0.311 e. The van der Waals surface area contributed by atoms with Crippen molar-refractivity contribution in [2.75, 3.05) is 7.11 Å². The van der Waals surface area contributed by atoms with Crippen LogP contribution < -0.4 is 0 Å². The second-order valence-electron chi connectivity index (χ2n) is 10.4. The van der Waals surface area contributed by atoms with Gasteiger partial charge in [-0.3, -0.25) is 14.4 Å². The number of Topliss-reactive ketones (excluding diaryl/α,β-unsaturated/α-hetero) is 1. The minimum Gasteiger partial charge on any atom is -0.469 e. The van der Waals surface area contributed by atoms with Crippen LogP contribution in [-0.2, 0) is 23.9 Å². The highest BCUT2D eigenvalue weighted by Gasteiger charge is 2.69. The number of carbonyl (C=O) groups is 3. The lowest BCUT2D eigenvalue weighted by Gasteiger charge is -2.65. The van der Waals surface area contributed by atoms with E-state index in [4.69, 9.17) is 9.47 Å². The zero-order chi connectivity index (χ0) is 21.2. The van der Waals surface area contributed by atoms with Crippen LogP contribution in [0.5, 0.6) is 0 Å². The minimum atomic E-state index is -1.27. The fourth-order valence-electron chi connectivity index (χ4n) is 7.82. The Morgan fingerprint density at radius 2 is 1.83 bits per heavy atom. The molecule has 0 aromatic carbocycles. The van der Waals surface area contributed by atoms with Gasteiger partial charge in [-0.25, -0.2) is 0 Å². The molecule has 4 fully saturated rings. The number of ketones is 1. The van der Waals surface area contributed by atoms with Gasteiger partial charge in [-0.05, 0) is 56.3 Å². The number of rotatable bonds is 2. The Kier molecular flexibility index (Phi) is 4.88. The maximum absolute atomic E-state index is 12.9. The lowest BCUT2D eigenvalue weighted by atomic mass is 9.41. The topological polar surface area (TPSA) is 89.9 Å². The Hall–Kier alpha value is -1.43. The molecule has 0 radical (unpaired) electrons. The van der Waals surface area contributed by atoms with Gasteiger partial charge >= 0.3 is 11.9 Å². The Morgan fingerprint density at radius 3 is 2.48 bits per heavy atom. The standard InChI is InChI=1S/C23H34O6/c1-13(24)29-14-7-10-22(3)17-8-9-21(2)16(5-6-19(21)25)15(17)11-18(20(26)28-4)23(22,27)12-14/h14-18,27H,5-12H2,1-4H3/t14-,15-,16-,17-,18-,21-,22+,23-/m0/s1. The summed E-state index contributed by atoms with van der Waals surface area (Å²) in [7, 11) is 1.37. The Labute approximate surface area is 172 Å². The number of aliphatic hydroxyl groups is 1. The monoisotopic (exact) mass is 406 g/mol. The third-order valence-electron chi connectivity index (χ3n) is 9.38. The molecule has 0 spiro atoms. The second-order valence-corrected chi connectivity index (χ2v) is 10.4. The number of ether oxygens (including phenoxy) is 2. The largest absolute Gasteiger partial charge is 0.469 e. The van der Waals surface area contributed by atoms with E-state index in [2.05, 4.69) is 13.8 Å². The zero-order valence-electron chi connectivity index (χ0n) is 18.0. The van der Waals surface area contributed by atoms with E-state index in [0.29, 0.717) is 31.5 Å². The van der Waals surface area contributed by atoms with Crippen molar-refractivity contribution in [3.8, 4) is 0 Å². The van der Waals surface area contributed by atoms with Crippen molar-refractivity contribution in [2.45, 2.75) is 83.8 Å². The summed E-state index contributed by atoms with van der Waals surface area (Å²) in [5.74, 6) is -0.278. The normalized spacial score (nSPS) is 48.9. The molecule has 4 rings (SSSR count). The van der Waals surface area contributed by atoms with Crippen molar-refractivity contribution in [3.63, 3.8) is 0 Å². The van der Waals surface area contributed by atoms with E-state index < -0.39 is 22.9 Å². The number of esters is 2. The van der Waals surface area contributed by atoms with Gasteiger partial charge in [0.15, 0.2) is 0 Å². The van der Waals surface area contributed by atoms with E-state index in [9.17, 15) is 19.5 Å². The van der Waals surface area contributed by atoms with Crippen LogP contribution in [0.3, 0.4) is 0 Å². The van der Waals surface area contributed by atoms with Crippen molar-refractivity contribution in [1.29, 1.82) is 0 Å². The Bertz CT molecular complexity index is 733. The summed E-state index contributed by atoms with van der Waals surface area (Å²) >= 11 is 0. The molecule has 0 unspecified atom stereocenters. The van der Waals surface area contributed by atoms with Crippen LogP contribution >= 0.6 is 0 Å². The third-order valence-corrected chi connectivity index (χ3v) is 9.38. The minimum absolute atomic E-state index is 0.236. The molecule has 29 heavy (non-hydrogen) atoms. The molecule has 6 heteroatoms. The molecule has 0 aromatic heterocycles. The summed E-state index contributed by atoms with van der Waals surface area (Å²) < 4.78 is 10.6. The van der Waals surface area contributed by atoms with E-state index in [1.54, 1.807) is 0 Å². The van der Waals surface area contributed by atoms with Gasteiger partial charge in [0.2, 0.25) is 0 Å². The maximum atomic E-state index is 12.9. The van der Waals surface area contributed by atoms with E-state index in [-0.39, 0.29) is 41.7 Å². The first-order valence-corrected chi connectivity index (χ1v) is 11.1. The molecule has 4 aliphatic carbocycles. The number of fused-ring (bicyclic) bond motifs is 5. The SMILES string of the molecule is COC(=O)[C@@H]1C[C@H]2[C@@H]3CCC(=O)[C@@]3(C)CC[C@@H]2[C@@]2(C)CC[C@H](OC(C)=O)C[C@]12O. The van der Waals surface area contributed by atoms with Crippen LogP contribution in [0.2, 0.25) is 0 Å². The van der Waals surface area contributed by atoms with Crippen molar-refractivity contribution >= 4 is 17.7 Å². The number of hydrogen-bond acceptors (Lipinski definition) is 6. The summed E-state index contributed by atoms with van der Waals surface area (Å²) in [5, 5.41) is 12.0. The molecule has 8 atom stereocenters. The van der Waals surface area contributed by atoms with Gasteiger partial charge in [-0.2, -0.15) is 0 Å².